The molecule has 0 bridgehead atoms. The van der Waals surface area contributed by atoms with E-state index in [0.717, 1.165) is 67.4 Å². The van der Waals surface area contributed by atoms with Gasteiger partial charge in [0.1, 0.15) is 12.3 Å². The maximum absolute atomic E-state index is 12.1. The summed E-state index contributed by atoms with van der Waals surface area (Å²) >= 11 is 1.32. The summed E-state index contributed by atoms with van der Waals surface area (Å²) in [7, 11) is 1.64. The van der Waals surface area contributed by atoms with Crippen LogP contribution in [0.4, 0.5) is 4.79 Å². The lowest BCUT2D eigenvalue weighted by Crippen LogP contribution is -2.47. The summed E-state index contributed by atoms with van der Waals surface area (Å²) in [4.78, 5) is 16.8. The third-order valence-corrected chi connectivity index (χ3v) is 6.78. The Bertz CT molecular complexity index is 1150. The van der Waals surface area contributed by atoms with E-state index >= 15 is 0 Å². The van der Waals surface area contributed by atoms with Crippen molar-refractivity contribution in [1.29, 1.82) is 0 Å². The number of methoxy groups -OCH3 is 1. The predicted molar refractivity (Wildman–Crippen MR) is 134 cm³/mol. The van der Waals surface area contributed by atoms with E-state index in [1.54, 1.807) is 7.11 Å². The minimum atomic E-state index is -0.404. The van der Waals surface area contributed by atoms with Gasteiger partial charge in [-0.2, -0.15) is 0 Å². The second kappa shape index (κ2) is 11.5. The lowest BCUT2D eigenvalue weighted by molar-refractivity contribution is 0.0925. The molecule has 0 radical (unpaired) electrons. The molecule has 2 aromatic carbocycles. The SMILES string of the molecule is COc1cc(CN2CCN(CCOC(=O)NCc3ccc(-c4csnn4)cc3)CC2)cc2c1OCO2. The number of nitrogens with zero attached hydrogens (tertiary/aromatic N) is 4. The van der Waals surface area contributed by atoms with Crippen molar-refractivity contribution >= 4 is 17.6 Å². The Hall–Kier alpha value is -3.41. The number of hydrogen-bond acceptors (Lipinski definition) is 10. The highest BCUT2D eigenvalue weighted by Crippen LogP contribution is 2.42. The van der Waals surface area contributed by atoms with Gasteiger partial charge in [-0.05, 0) is 34.8 Å². The Morgan fingerprint density at radius 1 is 1.08 bits per heavy atom. The summed E-state index contributed by atoms with van der Waals surface area (Å²) < 4.78 is 25.7. The highest BCUT2D eigenvalue weighted by molar-refractivity contribution is 7.03. The maximum atomic E-state index is 12.1. The number of nitrogens with one attached hydrogen (secondary N) is 1. The van der Waals surface area contributed by atoms with Gasteiger partial charge in [-0.3, -0.25) is 9.80 Å². The van der Waals surface area contributed by atoms with Gasteiger partial charge >= 0.3 is 6.09 Å². The number of alkyl carbamates (subject to hydrolysis) is 1. The topological polar surface area (TPSA) is 98.3 Å². The zero-order valence-corrected chi connectivity index (χ0v) is 21.0. The molecule has 1 saturated heterocycles. The number of hydrogen-bond donors (Lipinski definition) is 1. The average Bonchev–Trinajstić information content (AvgIpc) is 3.61. The molecule has 0 unspecified atom stereocenters. The van der Waals surface area contributed by atoms with Crippen molar-refractivity contribution in [2.75, 3.05) is 53.2 Å². The number of aromatic nitrogens is 2. The summed E-state index contributed by atoms with van der Waals surface area (Å²) in [6.07, 6.45) is -0.404. The summed E-state index contributed by atoms with van der Waals surface area (Å²) in [5.74, 6) is 2.13. The van der Waals surface area contributed by atoms with Gasteiger partial charge in [-0.15, -0.1) is 5.10 Å². The number of piperazine rings is 1. The smallest absolute Gasteiger partial charge is 0.407 e. The summed E-state index contributed by atoms with van der Waals surface area (Å²) in [5, 5.41) is 8.77. The molecule has 0 saturated carbocycles. The van der Waals surface area contributed by atoms with E-state index in [-0.39, 0.29) is 6.79 Å². The number of benzene rings is 2. The van der Waals surface area contributed by atoms with Gasteiger partial charge in [0.2, 0.25) is 12.5 Å². The van der Waals surface area contributed by atoms with Gasteiger partial charge in [-0.1, -0.05) is 28.8 Å². The van der Waals surface area contributed by atoms with Crippen molar-refractivity contribution in [1.82, 2.24) is 24.7 Å². The Morgan fingerprint density at radius 2 is 1.89 bits per heavy atom. The van der Waals surface area contributed by atoms with Crippen LogP contribution in [0.3, 0.4) is 0 Å². The van der Waals surface area contributed by atoms with Crippen molar-refractivity contribution in [3.05, 3.63) is 52.9 Å². The molecule has 1 fully saturated rings. The van der Waals surface area contributed by atoms with E-state index in [1.165, 1.54) is 11.5 Å². The van der Waals surface area contributed by atoms with Gasteiger partial charge < -0.3 is 24.3 Å². The van der Waals surface area contributed by atoms with Gasteiger partial charge in [-0.25, -0.2) is 4.79 Å². The molecule has 5 rings (SSSR count). The highest BCUT2D eigenvalue weighted by atomic mass is 32.1. The van der Waals surface area contributed by atoms with Crippen LogP contribution < -0.4 is 19.5 Å². The number of ether oxygens (including phenoxy) is 4. The van der Waals surface area contributed by atoms with Crippen LogP contribution in [0.1, 0.15) is 11.1 Å². The fourth-order valence-corrected chi connectivity index (χ4v) is 4.75. The molecule has 3 heterocycles. The van der Waals surface area contributed by atoms with Crippen LogP contribution in [0, 0.1) is 0 Å². The second-order valence-corrected chi connectivity index (χ2v) is 9.24. The first kappa shape index (κ1) is 24.3. The molecule has 3 aromatic rings. The summed E-state index contributed by atoms with van der Waals surface area (Å²) in [6.45, 7) is 6.27. The molecule has 1 N–H and O–H groups in total. The van der Waals surface area contributed by atoms with E-state index in [9.17, 15) is 4.79 Å². The molecule has 10 nitrogen and oxygen atoms in total. The van der Waals surface area contributed by atoms with Crippen LogP contribution in [-0.2, 0) is 17.8 Å². The summed E-state index contributed by atoms with van der Waals surface area (Å²) in [6, 6.07) is 11.9. The molecule has 36 heavy (non-hydrogen) atoms. The zero-order chi connectivity index (χ0) is 24.7. The molecule has 1 aromatic heterocycles. The first-order valence-corrected chi connectivity index (χ1v) is 12.7. The van der Waals surface area contributed by atoms with Crippen LogP contribution in [0.5, 0.6) is 17.2 Å². The number of carbonyl (C=O) groups is 1. The number of carbonyl (C=O) groups excluding carboxylic acids is 1. The minimum Gasteiger partial charge on any atom is -0.493 e. The van der Waals surface area contributed by atoms with E-state index < -0.39 is 6.09 Å². The van der Waals surface area contributed by atoms with Crippen LogP contribution in [0.15, 0.2) is 41.8 Å². The molecular formula is C25H29N5O5S. The van der Waals surface area contributed by atoms with E-state index in [4.69, 9.17) is 18.9 Å². The average molecular weight is 512 g/mol. The fourth-order valence-electron chi connectivity index (χ4n) is 4.28. The normalized spacial score (nSPS) is 15.6. The van der Waals surface area contributed by atoms with Gasteiger partial charge in [0.05, 0.1) is 7.11 Å². The number of amides is 1. The van der Waals surface area contributed by atoms with Gasteiger partial charge in [0, 0.05) is 56.8 Å². The molecular weight excluding hydrogens is 482 g/mol. The fraction of sp³-hybridized carbons (Fsp3) is 0.400. The molecule has 1 amide bonds. The molecule has 190 valence electrons. The van der Waals surface area contributed by atoms with E-state index in [0.29, 0.717) is 24.7 Å². The largest absolute Gasteiger partial charge is 0.493 e. The van der Waals surface area contributed by atoms with E-state index in [1.807, 2.05) is 41.8 Å². The van der Waals surface area contributed by atoms with Crippen molar-refractivity contribution in [2.24, 2.45) is 0 Å². The van der Waals surface area contributed by atoms with Crippen LogP contribution in [0.25, 0.3) is 11.3 Å². The second-order valence-electron chi connectivity index (χ2n) is 8.63. The van der Waals surface area contributed by atoms with E-state index in [2.05, 4.69) is 24.7 Å². The molecule has 0 aliphatic carbocycles. The predicted octanol–water partition coefficient (Wildman–Crippen LogP) is 2.99. The molecule has 2 aliphatic rings. The molecule has 2 aliphatic heterocycles. The summed E-state index contributed by atoms with van der Waals surface area (Å²) in [5.41, 5.74) is 3.99. The molecule has 0 atom stereocenters. The monoisotopic (exact) mass is 511 g/mol. The quantitative estimate of drug-likeness (QED) is 0.465. The van der Waals surface area contributed by atoms with Crippen molar-refractivity contribution in [3.8, 4) is 28.5 Å². The Labute approximate surface area is 213 Å². The minimum absolute atomic E-state index is 0.229. The first-order valence-electron chi connectivity index (χ1n) is 11.9. The van der Waals surface area contributed by atoms with Crippen molar-refractivity contribution in [2.45, 2.75) is 13.1 Å². The van der Waals surface area contributed by atoms with Crippen LogP contribution >= 0.6 is 11.5 Å². The lowest BCUT2D eigenvalue weighted by atomic mass is 10.1. The first-order chi connectivity index (χ1) is 17.7. The Morgan fingerprint density at radius 3 is 2.64 bits per heavy atom. The lowest BCUT2D eigenvalue weighted by Gasteiger charge is -2.34. The zero-order valence-electron chi connectivity index (χ0n) is 20.1. The van der Waals surface area contributed by atoms with Crippen molar-refractivity contribution < 1.29 is 23.7 Å². The van der Waals surface area contributed by atoms with Crippen molar-refractivity contribution in [3.63, 3.8) is 0 Å². The molecule has 0 spiro atoms. The van der Waals surface area contributed by atoms with Gasteiger partial charge in [0.15, 0.2) is 11.5 Å². The maximum Gasteiger partial charge on any atom is 0.407 e. The third-order valence-electron chi connectivity index (χ3n) is 6.28. The third kappa shape index (κ3) is 6.04. The highest BCUT2D eigenvalue weighted by Gasteiger charge is 2.22. The number of fused-ring (bicyclic) bond motifs is 1. The standard InChI is InChI=1S/C25H29N5O5S/c1-32-22-12-19(13-23-24(22)35-17-34-23)15-30-8-6-29(7-9-30)10-11-33-25(31)26-14-18-2-4-20(5-3-18)21-16-36-28-27-21/h2-5,12-13,16H,6-11,14-15,17H2,1H3,(H,26,31). The number of rotatable bonds is 9. The molecule has 11 heteroatoms. The van der Waals surface area contributed by atoms with Crippen LogP contribution in [-0.4, -0.2) is 78.7 Å². The van der Waals surface area contributed by atoms with Gasteiger partial charge in [0.25, 0.3) is 0 Å². The van der Waals surface area contributed by atoms with Crippen LogP contribution in [0.2, 0.25) is 0 Å². The Kier molecular flexibility index (Phi) is 7.79. The Balaban J connectivity index is 0.986.